The molecule has 0 bridgehead atoms. The maximum atomic E-state index is 12.9. The Morgan fingerprint density at radius 3 is 2.00 bits per heavy atom. The molecule has 0 spiro atoms. The zero-order valence-corrected chi connectivity index (χ0v) is 20.3. The Bertz CT molecular complexity index is 715. The highest BCUT2D eigenvalue weighted by Gasteiger charge is 2.68. The fraction of sp³-hybridized carbons (Fsp3) is 0.964. The molecule has 2 nitrogen and oxygen atoms in total. The van der Waals surface area contributed by atoms with Gasteiger partial charge < -0.3 is 5.11 Å². The van der Waals surface area contributed by atoms with E-state index in [1.807, 2.05) is 0 Å². The summed E-state index contributed by atoms with van der Waals surface area (Å²) >= 11 is 0. The quantitative estimate of drug-likeness (QED) is 0.521. The third-order valence-corrected chi connectivity index (χ3v) is 12.7. The van der Waals surface area contributed by atoms with Crippen LogP contribution in [-0.2, 0) is 4.79 Å². The second-order valence-electron chi connectivity index (χ2n) is 13.5. The third-order valence-electron chi connectivity index (χ3n) is 12.7. The van der Waals surface area contributed by atoms with Crippen molar-refractivity contribution in [1.82, 2.24) is 0 Å². The average molecular weight is 415 g/mol. The molecule has 0 aliphatic heterocycles. The van der Waals surface area contributed by atoms with E-state index >= 15 is 0 Å². The highest BCUT2D eigenvalue weighted by molar-refractivity contribution is 5.82. The Morgan fingerprint density at radius 1 is 0.767 bits per heavy atom. The van der Waals surface area contributed by atoms with E-state index in [2.05, 4.69) is 34.6 Å². The van der Waals surface area contributed by atoms with Crippen LogP contribution in [0.2, 0.25) is 0 Å². The van der Waals surface area contributed by atoms with Gasteiger partial charge in [-0.05, 0) is 109 Å². The van der Waals surface area contributed by atoms with Gasteiger partial charge in [0.1, 0.15) is 5.78 Å². The van der Waals surface area contributed by atoms with Gasteiger partial charge in [-0.15, -0.1) is 0 Å². The molecule has 5 saturated carbocycles. The van der Waals surface area contributed by atoms with Crippen LogP contribution in [0.15, 0.2) is 0 Å². The number of carbonyl (C=O) groups is 1. The van der Waals surface area contributed by atoms with Crippen molar-refractivity contribution in [2.75, 3.05) is 6.61 Å². The third kappa shape index (κ3) is 2.55. The summed E-state index contributed by atoms with van der Waals surface area (Å²) < 4.78 is 0. The number of Topliss-reactive ketones (excluding diaryl/α,β-unsaturated/α-hetero) is 1. The molecular formula is C28H46O2. The van der Waals surface area contributed by atoms with Crippen LogP contribution in [0.3, 0.4) is 0 Å². The molecule has 1 N–H and O–H groups in total. The minimum Gasteiger partial charge on any atom is -0.396 e. The first-order valence-corrected chi connectivity index (χ1v) is 13.2. The standard InChI is InChI=1S/C28H46O2/c1-18-8-9-22-26(3,20(18)17-29)15-11-24-27(4)14-10-19-21(30)7-6-13-25(19,2)23(27)12-16-28(22,24)5/h18-20,22-24,29H,6-17H2,1-5H3/t18-,19+,20-,22+,23-,24+,25+,26+,27-,28-/m1/s1. The molecule has 0 aromatic heterocycles. The van der Waals surface area contributed by atoms with E-state index in [4.69, 9.17) is 0 Å². The normalized spacial score (nSPS) is 58.3. The zero-order valence-electron chi connectivity index (χ0n) is 20.3. The Hall–Kier alpha value is -0.370. The summed E-state index contributed by atoms with van der Waals surface area (Å²) in [5.74, 6) is 4.35. The Labute approximate surface area is 185 Å². The number of ketones is 1. The predicted octanol–water partition coefficient (Wildman–Crippen LogP) is 6.65. The molecule has 5 aliphatic carbocycles. The Balaban J connectivity index is 1.51. The van der Waals surface area contributed by atoms with Crippen molar-refractivity contribution in [3.05, 3.63) is 0 Å². The van der Waals surface area contributed by atoms with E-state index in [0.717, 1.165) is 37.0 Å². The van der Waals surface area contributed by atoms with Crippen molar-refractivity contribution < 1.29 is 9.90 Å². The number of rotatable bonds is 1. The highest BCUT2D eigenvalue weighted by Crippen LogP contribution is 2.74. The monoisotopic (exact) mass is 414 g/mol. The van der Waals surface area contributed by atoms with Gasteiger partial charge in [-0.2, -0.15) is 0 Å². The van der Waals surface area contributed by atoms with E-state index in [1.165, 1.54) is 51.4 Å². The molecule has 30 heavy (non-hydrogen) atoms. The van der Waals surface area contributed by atoms with Crippen molar-refractivity contribution in [1.29, 1.82) is 0 Å². The lowest BCUT2D eigenvalue weighted by molar-refractivity contribution is -0.229. The fourth-order valence-electron chi connectivity index (χ4n) is 11.3. The van der Waals surface area contributed by atoms with E-state index in [1.54, 1.807) is 0 Å². The van der Waals surface area contributed by atoms with Crippen molar-refractivity contribution >= 4 is 5.78 Å². The number of aliphatic hydroxyl groups is 1. The van der Waals surface area contributed by atoms with Gasteiger partial charge in [0.25, 0.3) is 0 Å². The first kappa shape index (κ1) is 21.5. The molecule has 5 fully saturated rings. The van der Waals surface area contributed by atoms with Crippen LogP contribution in [0.1, 0.15) is 105 Å². The fourth-order valence-corrected chi connectivity index (χ4v) is 11.3. The number of hydrogen-bond donors (Lipinski definition) is 1. The molecular weight excluding hydrogens is 368 g/mol. The van der Waals surface area contributed by atoms with Gasteiger partial charge in [0.05, 0.1) is 0 Å². The van der Waals surface area contributed by atoms with E-state index in [9.17, 15) is 9.90 Å². The number of aliphatic hydroxyl groups excluding tert-OH is 1. The van der Waals surface area contributed by atoms with Crippen LogP contribution in [0, 0.1) is 57.2 Å². The van der Waals surface area contributed by atoms with Crippen LogP contribution in [0.5, 0.6) is 0 Å². The van der Waals surface area contributed by atoms with Crippen LogP contribution >= 0.6 is 0 Å². The largest absolute Gasteiger partial charge is 0.396 e. The smallest absolute Gasteiger partial charge is 0.136 e. The van der Waals surface area contributed by atoms with Crippen molar-refractivity contribution in [2.45, 2.75) is 105 Å². The Kier molecular flexibility index (Phi) is 4.88. The summed E-state index contributed by atoms with van der Waals surface area (Å²) in [7, 11) is 0. The van der Waals surface area contributed by atoms with E-state index in [-0.39, 0.29) is 5.41 Å². The summed E-state index contributed by atoms with van der Waals surface area (Å²) in [5, 5.41) is 10.3. The molecule has 0 unspecified atom stereocenters. The minimum atomic E-state index is 0.249. The van der Waals surface area contributed by atoms with Crippen LogP contribution in [0.25, 0.3) is 0 Å². The number of fused-ring (bicyclic) bond motifs is 7. The van der Waals surface area contributed by atoms with Crippen molar-refractivity contribution in [2.24, 2.45) is 57.2 Å². The SMILES string of the molecule is C[C@@H]1CC[C@@H]2[C@@]3(C)CC[C@H]4[C@@](C)(CC[C@H]5C(=O)CCC[C@]45C)[C@@H]3CC[C@@]2(C)[C@@H]1CO. The van der Waals surface area contributed by atoms with Crippen LogP contribution in [0.4, 0.5) is 0 Å². The van der Waals surface area contributed by atoms with E-state index < -0.39 is 0 Å². The summed E-state index contributed by atoms with van der Waals surface area (Å²) in [6, 6.07) is 0. The van der Waals surface area contributed by atoms with Gasteiger partial charge in [-0.3, -0.25) is 4.79 Å². The van der Waals surface area contributed by atoms with Gasteiger partial charge in [-0.1, -0.05) is 41.0 Å². The van der Waals surface area contributed by atoms with Crippen LogP contribution in [-0.4, -0.2) is 17.5 Å². The maximum Gasteiger partial charge on any atom is 0.136 e. The van der Waals surface area contributed by atoms with Gasteiger partial charge in [-0.25, -0.2) is 0 Å². The molecule has 2 heteroatoms. The second kappa shape index (κ2) is 6.82. The highest BCUT2D eigenvalue weighted by atomic mass is 16.3. The number of hydrogen-bond acceptors (Lipinski definition) is 2. The lowest BCUT2D eigenvalue weighted by atomic mass is 9.33. The first-order chi connectivity index (χ1) is 14.1. The topological polar surface area (TPSA) is 37.3 Å². The molecule has 0 aromatic carbocycles. The average Bonchev–Trinajstić information content (AvgIpc) is 2.66. The van der Waals surface area contributed by atoms with Gasteiger partial charge in [0.2, 0.25) is 0 Å². The minimum absolute atomic E-state index is 0.249. The molecule has 10 atom stereocenters. The summed E-state index contributed by atoms with van der Waals surface area (Å²) in [5.41, 5.74) is 1.37. The molecule has 170 valence electrons. The molecule has 0 saturated heterocycles. The van der Waals surface area contributed by atoms with Gasteiger partial charge in [0.15, 0.2) is 0 Å². The summed E-state index contributed by atoms with van der Waals surface area (Å²) in [6.07, 6.45) is 13.6. The van der Waals surface area contributed by atoms with E-state index in [0.29, 0.717) is 46.4 Å². The van der Waals surface area contributed by atoms with Crippen LogP contribution < -0.4 is 0 Å². The van der Waals surface area contributed by atoms with Gasteiger partial charge >= 0.3 is 0 Å². The molecule has 0 radical (unpaired) electrons. The maximum absolute atomic E-state index is 12.9. The lowest BCUT2D eigenvalue weighted by Crippen LogP contribution is -2.65. The Morgan fingerprint density at radius 2 is 1.33 bits per heavy atom. The summed E-state index contributed by atoms with van der Waals surface area (Å²) in [4.78, 5) is 12.9. The first-order valence-electron chi connectivity index (χ1n) is 13.2. The van der Waals surface area contributed by atoms with Gasteiger partial charge in [0, 0.05) is 18.9 Å². The van der Waals surface area contributed by atoms with Crippen molar-refractivity contribution in [3.63, 3.8) is 0 Å². The number of carbonyl (C=O) groups excluding carboxylic acids is 1. The second-order valence-corrected chi connectivity index (χ2v) is 13.5. The summed E-state index contributed by atoms with van der Waals surface area (Å²) in [6.45, 7) is 13.1. The predicted molar refractivity (Wildman–Crippen MR) is 122 cm³/mol. The van der Waals surface area contributed by atoms with Crippen molar-refractivity contribution in [3.8, 4) is 0 Å². The lowest BCUT2D eigenvalue weighted by Gasteiger charge is -2.71. The zero-order chi connectivity index (χ0) is 21.5. The molecule has 5 rings (SSSR count). The molecule has 0 amide bonds. The molecule has 0 heterocycles. The molecule has 5 aliphatic rings. The molecule has 0 aromatic rings.